The summed E-state index contributed by atoms with van der Waals surface area (Å²) in [5.41, 5.74) is 1.19. The van der Waals surface area contributed by atoms with Crippen LogP contribution in [0, 0.1) is 17.0 Å². The maximum absolute atomic E-state index is 12.6. The Morgan fingerprint density at radius 3 is 2.67 bits per heavy atom. The molecule has 0 saturated carbocycles. The van der Waals surface area contributed by atoms with Gasteiger partial charge in [0.2, 0.25) is 0 Å². The van der Waals surface area contributed by atoms with E-state index in [1.807, 2.05) is 18.7 Å². The Balaban J connectivity index is 0.00000220. The van der Waals surface area contributed by atoms with Crippen molar-refractivity contribution in [3.63, 3.8) is 0 Å². The fourth-order valence-electron chi connectivity index (χ4n) is 2.50. The molecular weight excluding hydrogens is 294 g/mol. The van der Waals surface area contributed by atoms with E-state index in [1.54, 1.807) is 13.0 Å². The highest BCUT2D eigenvalue weighted by atomic mass is 35.5. The van der Waals surface area contributed by atoms with E-state index < -0.39 is 4.92 Å². The molecule has 1 aliphatic heterocycles. The molecule has 2 atom stereocenters. The largest absolute Gasteiger partial charge is 0.333 e. The molecule has 2 rings (SSSR count). The second-order valence-corrected chi connectivity index (χ2v) is 5.24. The Kier molecular flexibility index (Phi) is 5.69. The van der Waals surface area contributed by atoms with Gasteiger partial charge in [-0.3, -0.25) is 14.9 Å². The molecule has 1 aromatic carbocycles. The third-order valence-electron chi connectivity index (χ3n) is 3.95. The van der Waals surface area contributed by atoms with Crippen LogP contribution < -0.4 is 5.32 Å². The molecule has 7 heteroatoms. The van der Waals surface area contributed by atoms with Gasteiger partial charge in [-0.05, 0) is 32.4 Å². The summed E-state index contributed by atoms with van der Waals surface area (Å²) in [6.07, 6.45) is 0. The third-order valence-corrected chi connectivity index (χ3v) is 3.95. The fourth-order valence-corrected chi connectivity index (χ4v) is 2.50. The number of benzene rings is 1. The summed E-state index contributed by atoms with van der Waals surface area (Å²) in [4.78, 5) is 24.7. The van der Waals surface area contributed by atoms with Crippen molar-refractivity contribution in [3.8, 4) is 0 Å². The molecule has 1 aliphatic rings. The van der Waals surface area contributed by atoms with Crippen LogP contribution in [0.1, 0.15) is 29.8 Å². The molecule has 0 bridgehead atoms. The van der Waals surface area contributed by atoms with Crippen LogP contribution in [0.5, 0.6) is 0 Å². The van der Waals surface area contributed by atoms with Gasteiger partial charge in [-0.15, -0.1) is 12.4 Å². The van der Waals surface area contributed by atoms with Gasteiger partial charge in [-0.2, -0.15) is 0 Å². The first-order chi connectivity index (χ1) is 9.41. The molecule has 2 unspecified atom stereocenters. The van der Waals surface area contributed by atoms with Gasteiger partial charge in [0.05, 0.1) is 4.92 Å². The van der Waals surface area contributed by atoms with E-state index in [9.17, 15) is 14.9 Å². The number of hydrogen-bond donors (Lipinski definition) is 1. The molecule has 6 nitrogen and oxygen atoms in total. The lowest BCUT2D eigenvalue weighted by atomic mass is 10.0. The number of piperazine rings is 1. The van der Waals surface area contributed by atoms with Crippen molar-refractivity contribution in [3.05, 3.63) is 39.4 Å². The SMILES string of the molecule is Cc1cc([N+](=O)[O-])ccc1C(=O)N1CCNC(C)C1C.Cl. The smallest absolute Gasteiger partial charge is 0.269 e. The normalized spacial score (nSPS) is 21.6. The lowest BCUT2D eigenvalue weighted by Crippen LogP contribution is -2.57. The number of carbonyl (C=O) groups is 1. The lowest BCUT2D eigenvalue weighted by molar-refractivity contribution is -0.384. The molecule has 1 amide bonds. The number of rotatable bonds is 2. The van der Waals surface area contributed by atoms with Crippen molar-refractivity contribution in [2.45, 2.75) is 32.9 Å². The van der Waals surface area contributed by atoms with Crippen molar-refractivity contribution < 1.29 is 9.72 Å². The molecule has 1 aromatic rings. The molecule has 1 fully saturated rings. The number of non-ortho nitro benzene ring substituents is 1. The Bertz CT molecular complexity index is 550. The Hall–Kier alpha value is -1.66. The summed E-state index contributed by atoms with van der Waals surface area (Å²) in [7, 11) is 0. The first-order valence-electron chi connectivity index (χ1n) is 6.71. The number of aryl methyl sites for hydroxylation is 1. The van der Waals surface area contributed by atoms with Crippen LogP contribution in [0.25, 0.3) is 0 Å². The van der Waals surface area contributed by atoms with E-state index in [2.05, 4.69) is 5.32 Å². The number of halogens is 1. The highest BCUT2D eigenvalue weighted by Gasteiger charge is 2.29. The Morgan fingerprint density at radius 2 is 2.10 bits per heavy atom. The zero-order chi connectivity index (χ0) is 14.9. The average molecular weight is 314 g/mol. The minimum atomic E-state index is -0.448. The van der Waals surface area contributed by atoms with Gasteiger partial charge in [0, 0.05) is 42.9 Å². The summed E-state index contributed by atoms with van der Waals surface area (Å²) < 4.78 is 0. The Labute approximate surface area is 130 Å². The average Bonchev–Trinajstić information content (AvgIpc) is 2.41. The van der Waals surface area contributed by atoms with Crippen LogP contribution in [0.15, 0.2) is 18.2 Å². The predicted octanol–water partition coefficient (Wildman–Crippen LogP) is 2.15. The van der Waals surface area contributed by atoms with E-state index in [4.69, 9.17) is 0 Å². The molecule has 1 N–H and O–H groups in total. The number of nitro benzene ring substituents is 1. The number of carbonyl (C=O) groups excluding carboxylic acids is 1. The zero-order valence-corrected chi connectivity index (χ0v) is 13.1. The molecule has 1 saturated heterocycles. The van der Waals surface area contributed by atoms with Gasteiger partial charge >= 0.3 is 0 Å². The van der Waals surface area contributed by atoms with Gasteiger partial charge in [-0.25, -0.2) is 0 Å². The van der Waals surface area contributed by atoms with E-state index in [0.29, 0.717) is 17.7 Å². The highest BCUT2D eigenvalue weighted by Crippen LogP contribution is 2.20. The maximum atomic E-state index is 12.6. The van der Waals surface area contributed by atoms with Crippen LogP contribution in [0.3, 0.4) is 0 Å². The number of nitrogens with zero attached hydrogens (tertiary/aromatic N) is 2. The van der Waals surface area contributed by atoms with E-state index in [0.717, 1.165) is 6.54 Å². The molecular formula is C14H20ClN3O3. The van der Waals surface area contributed by atoms with Crippen molar-refractivity contribution >= 4 is 24.0 Å². The van der Waals surface area contributed by atoms with Gasteiger partial charge in [0.25, 0.3) is 11.6 Å². The molecule has 116 valence electrons. The zero-order valence-electron chi connectivity index (χ0n) is 12.3. The minimum absolute atomic E-state index is 0. The summed E-state index contributed by atoms with van der Waals surface area (Å²) >= 11 is 0. The molecule has 0 radical (unpaired) electrons. The monoisotopic (exact) mass is 313 g/mol. The number of amides is 1. The van der Waals surface area contributed by atoms with Crippen LogP contribution in [-0.2, 0) is 0 Å². The van der Waals surface area contributed by atoms with Crippen LogP contribution in [0.2, 0.25) is 0 Å². The van der Waals surface area contributed by atoms with Crippen molar-refractivity contribution in [1.82, 2.24) is 10.2 Å². The first kappa shape index (κ1) is 17.4. The lowest BCUT2D eigenvalue weighted by Gasteiger charge is -2.38. The Morgan fingerprint density at radius 1 is 1.43 bits per heavy atom. The van der Waals surface area contributed by atoms with Gasteiger partial charge < -0.3 is 10.2 Å². The van der Waals surface area contributed by atoms with Crippen LogP contribution >= 0.6 is 12.4 Å². The first-order valence-corrected chi connectivity index (χ1v) is 6.71. The van der Waals surface area contributed by atoms with Crippen molar-refractivity contribution in [2.24, 2.45) is 0 Å². The fraction of sp³-hybridized carbons (Fsp3) is 0.500. The quantitative estimate of drug-likeness (QED) is 0.670. The van der Waals surface area contributed by atoms with Crippen LogP contribution in [-0.4, -0.2) is 40.9 Å². The number of nitro groups is 1. The van der Waals surface area contributed by atoms with Crippen molar-refractivity contribution in [2.75, 3.05) is 13.1 Å². The molecule has 0 aromatic heterocycles. The van der Waals surface area contributed by atoms with Gasteiger partial charge in [0.1, 0.15) is 0 Å². The van der Waals surface area contributed by atoms with E-state index in [-0.39, 0.29) is 36.1 Å². The number of hydrogen-bond acceptors (Lipinski definition) is 4. The molecule has 21 heavy (non-hydrogen) atoms. The van der Waals surface area contributed by atoms with Crippen molar-refractivity contribution in [1.29, 1.82) is 0 Å². The van der Waals surface area contributed by atoms with Gasteiger partial charge in [0.15, 0.2) is 0 Å². The minimum Gasteiger partial charge on any atom is -0.333 e. The predicted molar refractivity (Wildman–Crippen MR) is 83.0 cm³/mol. The topological polar surface area (TPSA) is 75.5 Å². The van der Waals surface area contributed by atoms with E-state index >= 15 is 0 Å². The third kappa shape index (κ3) is 3.51. The second-order valence-electron chi connectivity index (χ2n) is 5.24. The summed E-state index contributed by atoms with van der Waals surface area (Å²) in [5.74, 6) is -0.0572. The number of nitrogens with one attached hydrogen (secondary N) is 1. The molecule has 1 heterocycles. The second kappa shape index (κ2) is 6.87. The summed E-state index contributed by atoms with van der Waals surface area (Å²) in [5, 5.41) is 14.1. The standard InChI is InChI=1S/C14H19N3O3.ClH/c1-9-8-12(17(19)20)4-5-13(9)14(18)16-7-6-15-10(2)11(16)3;/h4-5,8,10-11,15H,6-7H2,1-3H3;1H. The summed E-state index contributed by atoms with van der Waals surface area (Å²) in [6, 6.07) is 4.73. The van der Waals surface area contributed by atoms with Crippen LogP contribution in [0.4, 0.5) is 5.69 Å². The van der Waals surface area contributed by atoms with E-state index in [1.165, 1.54) is 12.1 Å². The molecule has 0 spiro atoms. The highest BCUT2D eigenvalue weighted by molar-refractivity contribution is 5.96. The summed E-state index contributed by atoms with van der Waals surface area (Å²) in [6.45, 7) is 7.21. The molecule has 0 aliphatic carbocycles. The van der Waals surface area contributed by atoms with Gasteiger partial charge in [-0.1, -0.05) is 0 Å². The maximum Gasteiger partial charge on any atom is 0.269 e.